The molecule has 1 radical (unpaired) electrons. The third kappa shape index (κ3) is 1.05. The standard InChI is InChI=1S/C10H9N2/c1-7-8(2)12-10-6-4-3-5-9(10)11-7/h3,5-6H,1-2H3. The molecule has 1 aromatic carbocycles. The van der Waals surface area contributed by atoms with Crippen LogP contribution in [-0.2, 0) is 0 Å². The summed E-state index contributed by atoms with van der Waals surface area (Å²) in [7, 11) is 0. The van der Waals surface area contributed by atoms with Crippen LogP contribution in [0.3, 0.4) is 0 Å². The van der Waals surface area contributed by atoms with E-state index in [2.05, 4.69) is 16.0 Å². The van der Waals surface area contributed by atoms with Crippen LogP contribution < -0.4 is 0 Å². The molecule has 0 bridgehead atoms. The number of benzene rings is 1. The number of hydrogen-bond acceptors (Lipinski definition) is 2. The van der Waals surface area contributed by atoms with Crippen LogP contribution in [0.4, 0.5) is 0 Å². The predicted octanol–water partition coefficient (Wildman–Crippen LogP) is 2.05. The maximum Gasteiger partial charge on any atom is 0.0896 e. The highest BCUT2D eigenvalue weighted by Gasteiger charge is 1.98. The molecule has 0 saturated heterocycles. The minimum Gasteiger partial charge on any atom is -0.250 e. The molecule has 0 saturated carbocycles. The minimum atomic E-state index is 0.917. The van der Waals surface area contributed by atoms with Crippen molar-refractivity contribution in [2.24, 2.45) is 0 Å². The zero-order chi connectivity index (χ0) is 8.55. The molecule has 0 unspecified atom stereocenters. The lowest BCUT2D eigenvalue weighted by Crippen LogP contribution is -1.92. The van der Waals surface area contributed by atoms with E-state index in [1.54, 1.807) is 0 Å². The fraction of sp³-hybridized carbons (Fsp3) is 0.200. The number of aromatic nitrogens is 2. The Labute approximate surface area is 71.3 Å². The first-order valence-electron chi connectivity index (χ1n) is 3.88. The minimum absolute atomic E-state index is 0.917. The van der Waals surface area contributed by atoms with Crippen LogP contribution >= 0.6 is 0 Å². The molecule has 1 aromatic heterocycles. The average Bonchev–Trinajstić information content (AvgIpc) is 2.07. The van der Waals surface area contributed by atoms with Gasteiger partial charge < -0.3 is 0 Å². The summed E-state index contributed by atoms with van der Waals surface area (Å²) in [5, 5.41) is 0. The topological polar surface area (TPSA) is 25.8 Å². The Morgan fingerprint density at radius 3 is 2.50 bits per heavy atom. The van der Waals surface area contributed by atoms with Crippen molar-refractivity contribution in [2.45, 2.75) is 13.8 Å². The molecule has 2 rings (SSSR count). The number of rotatable bonds is 0. The Morgan fingerprint density at radius 2 is 1.75 bits per heavy atom. The lowest BCUT2D eigenvalue weighted by Gasteiger charge is -2.00. The molecular weight excluding hydrogens is 148 g/mol. The van der Waals surface area contributed by atoms with Gasteiger partial charge in [-0.1, -0.05) is 6.07 Å². The van der Waals surface area contributed by atoms with Gasteiger partial charge in [-0.25, -0.2) is 9.97 Å². The van der Waals surface area contributed by atoms with Crippen molar-refractivity contribution in [3.8, 4) is 0 Å². The highest BCUT2D eigenvalue weighted by atomic mass is 14.8. The van der Waals surface area contributed by atoms with Gasteiger partial charge in [0.25, 0.3) is 0 Å². The molecule has 0 atom stereocenters. The molecule has 0 N–H and O–H groups in total. The zero-order valence-electron chi connectivity index (χ0n) is 7.13. The lowest BCUT2D eigenvalue weighted by atomic mass is 10.2. The molecule has 1 heterocycles. The van der Waals surface area contributed by atoms with Gasteiger partial charge in [-0.2, -0.15) is 0 Å². The predicted molar refractivity (Wildman–Crippen MR) is 47.8 cm³/mol. The Bertz CT molecular complexity index is 381. The molecular formula is C10H9N2. The van der Waals surface area contributed by atoms with Crippen LogP contribution in [-0.4, -0.2) is 9.97 Å². The van der Waals surface area contributed by atoms with Gasteiger partial charge in [0.15, 0.2) is 0 Å². The van der Waals surface area contributed by atoms with Gasteiger partial charge >= 0.3 is 0 Å². The number of hydrogen-bond donors (Lipinski definition) is 0. The fourth-order valence-electron chi connectivity index (χ4n) is 1.12. The van der Waals surface area contributed by atoms with Gasteiger partial charge in [0.05, 0.1) is 22.4 Å². The molecule has 2 nitrogen and oxygen atoms in total. The highest BCUT2D eigenvalue weighted by molar-refractivity contribution is 5.73. The molecule has 2 heteroatoms. The van der Waals surface area contributed by atoms with Gasteiger partial charge in [0, 0.05) is 0 Å². The van der Waals surface area contributed by atoms with E-state index < -0.39 is 0 Å². The summed E-state index contributed by atoms with van der Waals surface area (Å²) in [6.07, 6.45) is 0. The second-order valence-corrected chi connectivity index (χ2v) is 2.81. The Kier molecular flexibility index (Phi) is 1.54. The second kappa shape index (κ2) is 2.55. The van der Waals surface area contributed by atoms with Crippen LogP contribution in [0.5, 0.6) is 0 Å². The van der Waals surface area contributed by atoms with E-state index in [1.165, 1.54) is 0 Å². The zero-order valence-corrected chi connectivity index (χ0v) is 7.13. The van der Waals surface area contributed by atoms with Crippen LogP contribution in [0, 0.1) is 19.9 Å². The number of fused-ring (bicyclic) bond motifs is 1. The number of aryl methyl sites for hydroxylation is 2. The van der Waals surface area contributed by atoms with Crippen LogP contribution in [0.25, 0.3) is 11.0 Å². The fourth-order valence-corrected chi connectivity index (χ4v) is 1.12. The van der Waals surface area contributed by atoms with Crippen molar-refractivity contribution in [1.29, 1.82) is 0 Å². The van der Waals surface area contributed by atoms with Gasteiger partial charge in [-0.15, -0.1) is 0 Å². The molecule has 59 valence electrons. The van der Waals surface area contributed by atoms with Crippen molar-refractivity contribution >= 4 is 11.0 Å². The molecule has 12 heavy (non-hydrogen) atoms. The summed E-state index contributed by atoms with van der Waals surface area (Å²) in [4.78, 5) is 8.77. The highest BCUT2D eigenvalue weighted by Crippen LogP contribution is 2.10. The summed E-state index contributed by atoms with van der Waals surface area (Å²) in [6, 6.07) is 8.61. The quantitative estimate of drug-likeness (QED) is 0.585. The third-order valence-corrected chi connectivity index (χ3v) is 1.92. The molecule has 0 aliphatic heterocycles. The first-order valence-corrected chi connectivity index (χ1v) is 3.88. The molecule has 0 aliphatic rings. The van der Waals surface area contributed by atoms with Gasteiger partial charge in [-0.05, 0) is 32.0 Å². The van der Waals surface area contributed by atoms with Crippen molar-refractivity contribution in [3.63, 3.8) is 0 Å². The maximum absolute atomic E-state index is 4.39. The Balaban J connectivity index is 2.84. The van der Waals surface area contributed by atoms with E-state index in [0.29, 0.717) is 0 Å². The van der Waals surface area contributed by atoms with E-state index in [9.17, 15) is 0 Å². The summed E-state index contributed by atoms with van der Waals surface area (Å²) in [5.41, 5.74) is 3.84. The normalized spacial score (nSPS) is 10.5. The molecule has 0 spiro atoms. The molecule has 0 aliphatic carbocycles. The lowest BCUT2D eigenvalue weighted by molar-refractivity contribution is 1.10. The van der Waals surface area contributed by atoms with E-state index in [-0.39, 0.29) is 0 Å². The average molecular weight is 157 g/mol. The van der Waals surface area contributed by atoms with Gasteiger partial charge in [0.2, 0.25) is 0 Å². The third-order valence-electron chi connectivity index (χ3n) is 1.92. The smallest absolute Gasteiger partial charge is 0.0896 e. The van der Waals surface area contributed by atoms with Crippen molar-refractivity contribution in [1.82, 2.24) is 9.97 Å². The van der Waals surface area contributed by atoms with Gasteiger partial charge in [0.1, 0.15) is 0 Å². The van der Waals surface area contributed by atoms with Gasteiger partial charge in [-0.3, -0.25) is 0 Å². The Hall–Kier alpha value is -1.44. The van der Waals surface area contributed by atoms with E-state index in [4.69, 9.17) is 0 Å². The first-order chi connectivity index (χ1) is 5.77. The number of nitrogens with zero attached hydrogens (tertiary/aromatic N) is 2. The summed E-state index contributed by atoms with van der Waals surface area (Å²) >= 11 is 0. The molecule has 0 amide bonds. The van der Waals surface area contributed by atoms with Crippen LogP contribution in [0.2, 0.25) is 0 Å². The molecule has 0 fully saturated rings. The van der Waals surface area contributed by atoms with Crippen LogP contribution in [0.1, 0.15) is 11.4 Å². The SMILES string of the molecule is Cc1nc2c[c]ccc2nc1C. The second-order valence-electron chi connectivity index (χ2n) is 2.81. The van der Waals surface area contributed by atoms with E-state index in [0.717, 1.165) is 22.4 Å². The van der Waals surface area contributed by atoms with Crippen molar-refractivity contribution < 1.29 is 0 Å². The monoisotopic (exact) mass is 157 g/mol. The summed E-state index contributed by atoms with van der Waals surface area (Å²) in [5.74, 6) is 0. The summed E-state index contributed by atoms with van der Waals surface area (Å²) < 4.78 is 0. The van der Waals surface area contributed by atoms with Crippen molar-refractivity contribution in [2.75, 3.05) is 0 Å². The van der Waals surface area contributed by atoms with E-state index in [1.807, 2.05) is 32.0 Å². The van der Waals surface area contributed by atoms with Crippen LogP contribution in [0.15, 0.2) is 18.2 Å². The summed E-state index contributed by atoms with van der Waals surface area (Å²) in [6.45, 7) is 3.94. The largest absolute Gasteiger partial charge is 0.250 e. The molecule has 2 aromatic rings. The first kappa shape index (κ1) is 7.22. The Morgan fingerprint density at radius 1 is 1.08 bits per heavy atom. The van der Waals surface area contributed by atoms with E-state index >= 15 is 0 Å². The van der Waals surface area contributed by atoms with Crippen molar-refractivity contribution in [3.05, 3.63) is 35.7 Å². The maximum atomic E-state index is 4.39.